The van der Waals surface area contributed by atoms with Gasteiger partial charge in [-0.2, -0.15) is 5.10 Å². The van der Waals surface area contributed by atoms with E-state index in [1.54, 1.807) is 0 Å². The lowest BCUT2D eigenvalue weighted by atomic mass is 9.95. The minimum atomic E-state index is -0.0768. The first kappa shape index (κ1) is 16.0. The van der Waals surface area contributed by atoms with Crippen LogP contribution in [0.4, 0.5) is 0 Å². The zero-order valence-electron chi connectivity index (χ0n) is 13.8. The molecule has 21 heavy (non-hydrogen) atoms. The van der Waals surface area contributed by atoms with E-state index in [0.717, 1.165) is 37.2 Å². The predicted octanol–water partition coefficient (Wildman–Crippen LogP) is 2.60. The van der Waals surface area contributed by atoms with Crippen molar-refractivity contribution >= 4 is 5.91 Å². The standard InChI is InChI=1S/C16H27N3O2/c1-6-19-12(3)14(11(2)18-19)15(20)17-10-13-8-7-9-16(4,5)21-13/h13H,6-10H2,1-5H3,(H,17,20). The minimum Gasteiger partial charge on any atom is -0.371 e. The fraction of sp³-hybridized carbons (Fsp3) is 0.750. The van der Waals surface area contributed by atoms with Crippen LogP contribution >= 0.6 is 0 Å². The number of rotatable bonds is 4. The van der Waals surface area contributed by atoms with Crippen LogP contribution in [0.3, 0.4) is 0 Å². The van der Waals surface area contributed by atoms with Crippen LogP contribution < -0.4 is 5.32 Å². The normalized spacial score (nSPS) is 21.3. The van der Waals surface area contributed by atoms with Crippen molar-refractivity contribution < 1.29 is 9.53 Å². The van der Waals surface area contributed by atoms with Crippen LogP contribution in [-0.2, 0) is 11.3 Å². The zero-order chi connectivity index (χ0) is 15.6. The molecule has 0 saturated carbocycles. The van der Waals surface area contributed by atoms with Crippen LogP contribution in [-0.4, -0.2) is 33.9 Å². The minimum absolute atomic E-state index is 0.0447. The third kappa shape index (κ3) is 3.64. The number of aromatic nitrogens is 2. The van der Waals surface area contributed by atoms with Crippen molar-refractivity contribution in [3.8, 4) is 0 Å². The van der Waals surface area contributed by atoms with Gasteiger partial charge in [-0.15, -0.1) is 0 Å². The Morgan fingerprint density at radius 2 is 2.19 bits per heavy atom. The summed E-state index contributed by atoms with van der Waals surface area (Å²) < 4.78 is 7.88. The van der Waals surface area contributed by atoms with E-state index >= 15 is 0 Å². The highest BCUT2D eigenvalue weighted by atomic mass is 16.5. The van der Waals surface area contributed by atoms with Crippen molar-refractivity contribution in [2.45, 2.75) is 72.1 Å². The summed E-state index contributed by atoms with van der Waals surface area (Å²) in [6.07, 6.45) is 3.35. The third-order valence-electron chi connectivity index (χ3n) is 4.19. The van der Waals surface area contributed by atoms with Gasteiger partial charge in [-0.1, -0.05) is 0 Å². The molecule has 1 N–H and O–H groups in total. The average Bonchev–Trinajstić information content (AvgIpc) is 2.69. The van der Waals surface area contributed by atoms with Gasteiger partial charge in [0.25, 0.3) is 5.91 Å². The molecule has 0 aliphatic carbocycles. The van der Waals surface area contributed by atoms with Crippen molar-refractivity contribution in [2.75, 3.05) is 6.54 Å². The van der Waals surface area contributed by atoms with Gasteiger partial charge < -0.3 is 10.1 Å². The lowest BCUT2D eigenvalue weighted by Crippen LogP contribution is -2.42. The number of aryl methyl sites for hydroxylation is 2. The summed E-state index contributed by atoms with van der Waals surface area (Å²) in [5.74, 6) is -0.0447. The summed E-state index contributed by atoms with van der Waals surface area (Å²) in [6.45, 7) is 11.4. The maximum absolute atomic E-state index is 12.4. The second kappa shape index (κ2) is 6.18. The first-order chi connectivity index (χ1) is 9.84. The molecule has 5 heteroatoms. The molecule has 5 nitrogen and oxygen atoms in total. The van der Waals surface area contributed by atoms with E-state index in [1.807, 2.05) is 25.5 Å². The zero-order valence-corrected chi connectivity index (χ0v) is 13.8. The Hall–Kier alpha value is -1.36. The molecule has 0 bridgehead atoms. The van der Waals surface area contributed by atoms with Crippen molar-refractivity contribution in [2.24, 2.45) is 0 Å². The summed E-state index contributed by atoms with van der Waals surface area (Å²) in [5.41, 5.74) is 2.34. The number of carbonyl (C=O) groups excluding carboxylic acids is 1. The second-order valence-electron chi connectivity index (χ2n) is 6.46. The van der Waals surface area contributed by atoms with Gasteiger partial charge in [-0.3, -0.25) is 9.48 Å². The second-order valence-corrected chi connectivity index (χ2v) is 6.46. The molecular formula is C16H27N3O2. The molecule has 1 fully saturated rings. The van der Waals surface area contributed by atoms with Crippen LogP contribution in [0.15, 0.2) is 0 Å². The lowest BCUT2D eigenvalue weighted by molar-refractivity contribution is -0.104. The summed E-state index contributed by atoms with van der Waals surface area (Å²) in [5, 5.41) is 7.40. The molecule has 1 unspecified atom stereocenters. The number of nitrogens with zero attached hydrogens (tertiary/aromatic N) is 2. The van der Waals surface area contributed by atoms with Crippen molar-refractivity contribution in [1.29, 1.82) is 0 Å². The summed E-state index contributed by atoms with van der Waals surface area (Å²) in [7, 11) is 0. The molecule has 2 rings (SSSR count). The predicted molar refractivity (Wildman–Crippen MR) is 82.5 cm³/mol. The monoisotopic (exact) mass is 293 g/mol. The molecule has 2 heterocycles. The van der Waals surface area contributed by atoms with E-state index in [2.05, 4.69) is 24.3 Å². The maximum Gasteiger partial charge on any atom is 0.255 e. The number of carbonyl (C=O) groups is 1. The molecule has 1 aliphatic heterocycles. The summed E-state index contributed by atoms with van der Waals surface area (Å²) in [6, 6.07) is 0. The molecule has 0 radical (unpaired) electrons. The van der Waals surface area contributed by atoms with Crippen molar-refractivity contribution in [1.82, 2.24) is 15.1 Å². The van der Waals surface area contributed by atoms with E-state index in [0.29, 0.717) is 12.1 Å². The summed E-state index contributed by atoms with van der Waals surface area (Å²) in [4.78, 5) is 12.4. The van der Waals surface area contributed by atoms with Crippen LogP contribution in [0, 0.1) is 13.8 Å². The SMILES string of the molecule is CCn1nc(C)c(C(=O)NCC2CCCC(C)(C)O2)c1C. The molecule has 1 amide bonds. The van der Waals surface area contributed by atoms with Crippen LogP contribution in [0.5, 0.6) is 0 Å². The van der Waals surface area contributed by atoms with E-state index in [1.165, 1.54) is 0 Å². The molecule has 118 valence electrons. The van der Waals surface area contributed by atoms with Gasteiger partial charge >= 0.3 is 0 Å². The first-order valence-corrected chi connectivity index (χ1v) is 7.84. The van der Waals surface area contributed by atoms with Gasteiger partial charge in [-0.25, -0.2) is 0 Å². The Morgan fingerprint density at radius 3 is 2.76 bits per heavy atom. The van der Waals surface area contributed by atoms with Crippen LogP contribution in [0.25, 0.3) is 0 Å². The number of nitrogens with one attached hydrogen (secondary N) is 1. The van der Waals surface area contributed by atoms with Gasteiger partial charge in [0.1, 0.15) is 0 Å². The molecule has 1 aromatic heterocycles. The molecule has 0 aromatic carbocycles. The average molecular weight is 293 g/mol. The Kier molecular flexibility index (Phi) is 4.71. The molecule has 1 atom stereocenters. The van der Waals surface area contributed by atoms with Crippen molar-refractivity contribution in [3.63, 3.8) is 0 Å². The quantitative estimate of drug-likeness (QED) is 0.928. The molecule has 1 aliphatic rings. The largest absolute Gasteiger partial charge is 0.371 e. The van der Waals surface area contributed by atoms with Gasteiger partial charge in [0.05, 0.1) is 23.0 Å². The number of amides is 1. The van der Waals surface area contributed by atoms with Crippen LogP contribution in [0.1, 0.15) is 61.8 Å². The van der Waals surface area contributed by atoms with Gasteiger partial charge in [0.15, 0.2) is 0 Å². The molecule has 1 aromatic rings. The van der Waals surface area contributed by atoms with Crippen molar-refractivity contribution in [3.05, 3.63) is 17.0 Å². The van der Waals surface area contributed by atoms with E-state index in [4.69, 9.17) is 4.74 Å². The van der Waals surface area contributed by atoms with Gasteiger partial charge in [0, 0.05) is 18.8 Å². The Balaban J connectivity index is 1.98. The number of hydrogen-bond donors (Lipinski definition) is 1. The highest BCUT2D eigenvalue weighted by Crippen LogP contribution is 2.27. The van der Waals surface area contributed by atoms with E-state index in [9.17, 15) is 4.79 Å². The van der Waals surface area contributed by atoms with Crippen LogP contribution in [0.2, 0.25) is 0 Å². The van der Waals surface area contributed by atoms with E-state index < -0.39 is 0 Å². The highest BCUT2D eigenvalue weighted by Gasteiger charge is 2.29. The Labute approximate surface area is 127 Å². The molecule has 0 spiro atoms. The summed E-state index contributed by atoms with van der Waals surface area (Å²) >= 11 is 0. The highest BCUT2D eigenvalue weighted by molar-refractivity contribution is 5.96. The fourth-order valence-corrected chi connectivity index (χ4v) is 3.10. The maximum atomic E-state index is 12.4. The first-order valence-electron chi connectivity index (χ1n) is 7.84. The van der Waals surface area contributed by atoms with Gasteiger partial charge in [-0.05, 0) is 53.9 Å². The molecular weight excluding hydrogens is 266 g/mol. The lowest BCUT2D eigenvalue weighted by Gasteiger charge is -2.36. The molecule has 1 saturated heterocycles. The smallest absolute Gasteiger partial charge is 0.255 e. The Morgan fingerprint density at radius 1 is 1.48 bits per heavy atom. The number of ether oxygens (including phenoxy) is 1. The number of hydrogen-bond acceptors (Lipinski definition) is 3. The van der Waals surface area contributed by atoms with Gasteiger partial charge in [0.2, 0.25) is 0 Å². The van der Waals surface area contributed by atoms with E-state index in [-0.39, 0.29) is 17.6 Å². The Bertz CT molecular complexity index is 520. The fourth-order valence-electron chi connectivity index (χ4n) is 3.10. The topological polar surface area (TPSA) is 56.2 Å². The third-order valence-corrected chi connectivity index (χ3v) is 4.19.